The molecule has 0 aliphatic carbocycles. The lowest BCUT2D eigenvalue weighted by molar-refractivity contribution is 0.0419. The molecule has 0 amide bonds. The van der Waals surface area contributed by atoms with Crippen LogP contribution in [-0.4, -0.2) is 12.7 Å². The Kier molecular flexibility index (Phi) is 4.82. The number of hydrogen-bond acceptors (Lipinski definition) is 1. The molecule has 1 aromatic rings. The summed E-state index contributed by atoms with van der Waals surface area (Å²) in [5.41, 5.74) is 7.62. The third-order valence-electron chi connectivity index (χ3n) is 5.46. The summed E-state index contributed by atoms with van der Waals surface area (Å²) in [7, 11) is 0. The van der Waals surface area contributed by atoms with Gasteiger partial charge in [-0.15, -0.1) is 0 Å². The van der Waals surface area contributed by atoms with Gasteiger partial charge >= 0.3 is 0 Å². The summed E-state index contributed by atoms with van der Waals surface area (Å²) < 4.78 is 6.20. The molecule has 1 nitrogen and oxygen atoms in total. The fourth-order valence-corrected chi connectivity index (χ4v) is 3.71. The van der Waals surface area contributed by atoms with E-state index in [1.54, 1.807) is 11.1 Å². The second kappa shape index (κ2) is 6.12. The van der Waals surface area contributed by atoms with Gasteiger partial charge in [0.15, 0.2) is 0 Å². The number of benzene rings is 1. The van der Waals surface area contributed by atoms with Gasteiger partial charge < -0.3 is 4.74 Å². The molecule has 0 radical (unpaired) electrons. The van der Waals surface area contributed by atoms with Gasteiger partial charge in [0.1, 0.15) is 0 Å². The molecule has 0 aromatic heterocycles. The van der Waals surface area contributed by atoms with Crippen LogP contribution in [0.4, 0.5) is 0 Å². The van der Waals surface area contributed by atoms with Crippen LogP contribution < -0.4 is 0 Å². The molecule has 1 aliphatic rings. The molecule has 1 heterocycles. The highest BCUT2D eigenvalue weighted by molar-refractivity contribution is 5.51. The van der Waals surface area contributed by atoms with Crippen molar-refractivity contribution >= 4 is 0 Å². The first-order chi connectivity index (χ1) is 9.75. The van der Waals surface area contributed by atoms with Gasteiger partial charge in [0.2, 0.25) is 0 Å². The molecule has 3 atom stereocenters. The second-order valence-corrected chi connectivity index (χ2v) is 7.57. The predicted molar refractivity (Wildman–Crippen MR) is 91.4 cm³/mol. The first-order valence-electron chi connectivity index (χ1n) is 8.51. The average molecular weight is 288 g/mol. The number of hydrogen-bond donors (Lipinski definition) is 0. The van der Waals surface area contributed by atoms with Crippen LogP contribution in [0.2, 0.25) is 0 Å². The summed E-state index contributed by atoms with van der Waals surface area (Å²) in [6.07, 6.45) is 0.299. The lowest BCUT2D eigenvalue weighted by atomic mass is 9.75. The van der Waals surface area contributed by atoms with Crippen LogP contribution in [-0.2, 0) is 4.74 Å². The number of ether oxygens (including phenoxy) is 1. The van der Waals surface area contributed by atoms with Gasteiger partial charge in [-0.05, 0) is 60.4 Å². The molecule has 0 saturated heterocycles. The largest absolute Gasteiger partial charge is 0.377 e. The zero-order valence-corrected chi connectivity index (χ0v) is 15.1. The molecular weight excluding hydrogens is 256 g/mol. The van der Waals surface area contributed by atoms with E-state index in [1.165, 1.54) is 16.7 Å². The van der Waals surface area contributed by atoms with Crippen LogP contribution in [0.1, 0.15) is 87.1 Å². The number of rotatable bonds is 2. The number of fused-ring (bicyclic) bond motifs is 1. The molecule has 0 bridgehead atoms. The molecule has 1 heteroatoms. The summed E-state index contributed by atoms with van der Waals surface area (Å²) in [6, 6.07) is 2.43. The minimum Gasteiger partial charge on any atom is -0.377 e. The topological polar surface area (TPSA) is 9.23 Å². The highest BCUT2D eigenvalue weighted by Gasteiger charge is 2.33. The Hall–Kier alpha value is -0.820. The van der Waals surface area contributed by atoms with E-state index in [9.17, 15) is 0 Å². The molecule has 21 heavy (non-hydrogen) atoms. The van der Waals surface area contributed by atoms with Gasteiger partial charge in [0.05, 0.1) is 12.7 Å². The third kappa shape index (κ3) is 2.90. The SMILES string of the molecule is Cc1cc(C(C)C)c2c(c1C)[C@@H](C)[C@@H](C)OCC2C(C)C. The van der Waals surface area contributed by atoms with Crippen LogP contribution in [0.15, 0.2) is 6.07 Å². The molecule has 118 valence electrons. The second-order valence-electron chi connectivity index (χ2n) is 7.57. The van der Waals surface area contributed by atoms with Crippen molar-refractivity contribution in [2.45, 2.75) is 79.2 Å². The van der Waals surface area contributed by atoms with Crippen molar-refractivity contribution < 1.29 is 4.74 Å². The fraction of sp³-hybridized carbons (Fsp3) is 0.700. The van der Waals surface area contributed by atoms with Crippen molar-refractivity contribution in [2.75, 3.05) is 6.61 Å². The van der Waals surface area contributed by atoms with Crippen molar-refractivity contribution in [2.24, 2.45) is 5.92 Å². The van der Waals surface area contributed by atoms with E-state index in [1.807, 2.05) is 0 Å². The van der Waals surface area contributed by atoms with Gasteiger partial charge in [-0.1, -0.05) is 40.7 Å². The van der Waals surface area contributed by atoms with E-state index in [2.05, 4.69) is 61.5 Å². The highest BCUT2D eigenvalue weighted by atomic mass is 16.5. The Balaban J connectivity index is 2.79. The number of aryl methyl sites for hydroxylation is 1. The molecule has 0 N–H and O–H groups in total. The lowest BCUT2D eigenvalue weighted by Crippen LogP contribution is -2.17. The Morgan fingerprint density at radius 1 is 1.05 bits per heavy atom. The van der Waals surface area contributed by atoms with E-state index in [-0.39, 0.29) is 0 Å². The smallest absolute Gasteiger partial charge is 0.0613 e. The van der Waals surface area contributed by atoms with E-state index >= 15 is 0 Å². The van der Waals surface area contributed by atoms with Gasteiger partial charge in [0.25, 0.3) is 0 Å². The molecular formula is C20H32O. The summed E-state index contributed by atoms with van der Waals surface area (Å²) >= 11 is 0. The van der Waals surface area contributed by atoms with Crippen molar-refractivity contribution in [3.05, 3.63) is 33.9 Å². The van der Waals surface area contributed by atoms with Crippen LogP contribution in [0.25, 0.3) is 0 Å². The van der Waals surface area contributed by atoms with Gasteiger partial charge in [-0.2, -0.15) is 0 Å². The minimum atomic E-state index is 0.299. The van der Waals surface area contributed by atoms with Crippen molar-refractivity contribution in [1.82, 2.24) is 0 Å². The molecule has 1 aromatic carbocycles. The summed E-state index contributed by atoms with van der Waals surface area (Å²) in [5, 5.41) is 0. The highest BCUT2D eigenvalue weighted by Crippen LogP contribution is 2.43. The van der Waals surface area contributed by atoms with Gasteiger partial charge in [-0.25, -0.2) is 0 Å². The fourth-order valence-electron chi connectivity index (χ4n) is 3.71. The molecule has 0 fully saturated rings. The van der Waals surface area contributed by atoms with Crippen molar-refractivity contribution in [3.63, 3.8) is 0 Å². The standard InChI is InChI=1S/C20H32O/c1-11(2)17-9-13(5)14(6)19-15(7)16(8)21-10-18(12(3)4)20(17)19/h9,11-12,15-16,18H,10H2,1-8H3/t15-,16+,18?/m0/s1. The maximum atomic E-state index is 6.20. The van der Waals surface area contributed by atoms with Crippen molar-refractivity contribution in [1.29, 1.82) is 0 Å². The summed E-state index contributed by atoms with van der Waals surface area (Å²) in [6.45, 7) is 19.3. The minimum absolute atomic E-state index is 0.299. The van der Waals surface area contributed by atoms with E-state index in [4.69, 9.17) is 4.74 Å². The Bertz CT molecular complexity index is 513. The first kappa shape index (κ1) is 16.5. The van der Waals surface area contributed by atoms with E-state index < -0.39 is 0 Å². The van der Waals surface area contributed by atoms with E-state index in [0.29, 0.717) is 29.8 Å². The van der Waals surface area contributed by atoms with E-state index in [0.717, 1.165) is 6.61 Å². The molecule has 1 aliphatic heterocycles. The Morgan fingerprint density at radius 3 is 2.19 bits per heavy atom. The van der Waals surface area contributed by atoms with Crippen LogP contribution in [0.3, 0.4) is 0 Å². The van der Waals surface area contributed by atoms with Crippen molar-refractivity contribution in [3.8, 4) is 0 Å². The lowest BCUT2D eigenvalue weighted by Gasteiger charge is -2.29. The van der Waals surface area contributed by atoms with Gasteiger partial charge in [0, 0.05) is 11.8 Å². The third-order valence-corrected chi connectivity index (χ3v) is 5.46. The van der Waals surface area contributed by atoms with Crippen LogP contribution in [0, 0.1) is 19.8 Å². The van der Waals surface area contributed by atoms with Crippen LogP contribution >= 0.6 is 0 Å². The Labute approximate surface area is 131 Å². The normalized spacial score (nSPS) is 26.1. The van der Waals surface area contributed by atoms with Crippen LogP contribution in [0.5, 0.6) is 0 Å². The quantitative estimate of drug-likeness (QED) is 0.679. The van der Waals surface area contributed by atoms with Gasteiger partial charge in [-0.3, -0.25) is 0 Å². The first-order valence-corrected chi connectivity index (χ1v) is 8.51. The predicted octanol–water partition coefficient (Wildman–Crippen LogP) is 5.69. The summed E-state index contributed by atoms with van der Waals surface area (Å²) in [5.74, 6) is 2.17. The average Bonchev–Trinajstić information content (AvgIpc) is 2.52. The maximum Gasteiger partial charge on any atom is 0.0613 e. The molecule has 0 saturated carbocycles. The monoisotopic (exact) mass is 288 g/mol. The summed E-state index contributed by atoms with van der Waals surface area (Å²) in [4.78, 5) is 0. The Morgan fingerprint density at radius 2 is 1.67 bits per heavy atom. The molecule has 1 unspecified atom stereocenters. The zero-order valence-electron chi connectivity index (χ0n) is 15.1. The molecule has 2 rings (SSSR count). The maximum absolute atomic E-state index is 6.20. The molecule has 0 spiro atoms. The zero-order chi connectivity index (χ0) is 15.9.